The summed E-state index contributed by atoms with van der Waals surface area (Å²) in [5, 5.41) is 3.41. The van der Waals surface area contributed by atoms with Crippen molar-refractivity contribution in [2.45, 2.75) is 6.92 Å². The maximum Gasteiger partial charge on any atom is 0.281 e. The average Bonchev–Trinajstić information content (AvgIpc) is 2.77. The Hall–Kier alpha value is -2.46. The molecule has 0 radical (unpaired) electrons. The number of thiocarbonyl (C=S) groups is 1. The molecule has 21 heavy (non-hydrogen) atoms. The van der Waals surface area contributed by atoms with Gasteiger partial charge < -0.3 is 5.32 Å². The minimum absolute atomic E-state index is 0.130. The number of nitrogens with zero attached hydrogens (tertiary/aromatic N) is 1. The van der Waals surface area contributed by atoms with E-state index >= 15 is 0 Å². The van der Waals surface area contributed by atoms with Crippen LogP contribution in [-0.2, 0) is 4.79 Å². The lowest BCUT2D eigenvalue weighted by Gasteiger charge is -2.13. The maximum absolute atomic E-state index is 12.5. The SMILES string of the molecule is Cc1ccccc1/C=C1\NC(=S)N(c2ccccc2)C1=O. The third-order valence-corrected chi connectivity index (χ3v) is 3.67. The Bertz CT molecular complexity index is 737. The Kier molecular flexibility index (Phi) is 3.54. The fourth-order valence-corrected chi connectivity index (χ4v) is 2.55. The van der Waals surface area contributed by atoms with Crippen molar-refractivity contribution in [1.82, 2.24) is 5.32 Å². The van der Waals surface area contributed by atoms with Gasteiger partial charge >= 0.3 is 0 Å². The quantitative estimate of drug-likeness (QED) is 0.681. The maximum atomic E-state index is 12.5. The van der Waals surface area contributed by atoms with E-state index in [-0.39, 0.29) is 5.91 Å². The van der Waals surface area contributed by atoms with Crippen LogP contribution in [0, 0.1) is 6.92 Å². The Morgan fingerprint density at radius 2 is 1.71 bits per heavy atom. The van der Waals surface area contributed by atoms with Crippen LogP contribution in [0.3, 0.4) is 0 Å². The van der Waals surface area contributed by atoms with Gasteiger partial charge in [0.1, 0.15) is 5.70 Å². The molecule has 3 nitrogen and oxygen atoms in total. The van der Waals surface area contributed by atoms with Crippen LogP contribution in [0.4, 0.5) is 5.69 Å². The molecular weight excluding hydrogens is 280 g/mol. The molecule has 0 spiro atoms. The van der Waals surface area contributed by atoms with Crippen LogP contribution >= 0.6 is 12.2 Å². The van der Waals surface area contributed by atoms with E-state index in [2.05, 4.69) is 5.32 Å². The van der Waals surface area contributed by atoms with E-state index in [0.29, 0.717) is 10.8 Å². The van der Waals surface area contributed by atoms with Gasteiger partial charge in [-0.15, -0.1) is 0 Å². The molecule has 1 fully saturated rings. The second kappa shape index (κ2) is 5.50. The molecule has 4 heteroatoms. The van der Waals surface area contributed by atoms with Crippen molar-refractivity contribution in [2.24, 2.45) is 0 Å². The number of amides is 1. The van der Waals surface area contributed by atoms with Gasteiger partial charge in [0.05, 0.1) is 5.69 Å². The topological polar surface area (TPSA) is 32.3 Å². The van der Waals surface area contributed by atoms with Crippen molar-refractivity contribution in [3.63, 3.8) is 0 Å². The van der Waals surface area contributed by atoms with E-state index in [1.807, 2.05) is 67.6 Å². The molecule has 0 atom stereocenters. The molecule has 2 aromatic carbocycles. The normalized spacial score (nSPS) is 16.4. The first-order valence-corrected chi connectivity index (χ1v) is 7.05. The standard InChI is InChI=1S/C17H14N2OS/c1-12-7-5-6-8-13(12)11-15-16(20)19(17(21)18-15)14-9-3-2-4-10-14/h2-11H,1H3,(H,18,21)/b15-11-. The van der Waals surface area contributed by atoms with E-state index in [1.165, 1.54) is 4.90 Å². The number of aryl methyl sites for hydroxylation is 1. The minimum atomic E-state index is -0.130. The zero-order valence-electron chi connectivity index (χ0n) is 11.5. The summed E-state index contributed by atoms with van der Waals surface area (Å²) in [6.07, 6.45) is 1.84. The van der Waals surface area contributed by atoms with E-state index in [1.54, 1.807) is 0 Å². The number of benzene rings is 2. The Morgan fingerprint density at radius 1 is 1.05 bits per heavy atom. The number of anilines is 1. The Labute approximate surface area is 128 Å². The summed E-state index contributed by atoms with van der Waals surface area (Å²) in [7, 11) is 0. The van der Waals surface area contributed by atoms with Gasteiger partial charge in [0.2, 0.25) is 0 Å². The van der Waals surface area contributed by atoms with Gasteiger partial charge in [0.15, 0.2) is 5.11 Å². The molecule has 1 amide bonds. The lowest BCUT2D eigenvalue weighted by Crippen LogP contribution is -2.30. The first kappa shape index (κ1) is 13.5. The van der Waals surface area contributed by atoms with Crippen molar-refractivity contribution in [3.05, 3.63) is 71.4 Å². The molecule has 2 aromatic rings. The molecular formula is C17H14N2OS. The molecule has 0 aliphatic carbocycles. The molecule has 3 rings (SSSR count). The summed E-state index contributed by atoms with van der Waals surface area (Å²) in [5.74, 6) is -0.130. The molecule has 1 N–H and O–H groups in total. The molecule has 1 saturated heterocycles. The highest BCUT2D eigenvalue weighted by Crippen LogP contribution is 2.22. The summed E-state index contributed by atoms with van der Waals surface area (Å²) in [5.41, 5.74) is 3.39. The highest BCUT2D eigenvalue weighted by atomic mass is 32.1. The van der Waals surface area contributed by atoms with Gasteiger partial charge in [-0.1, -0.05) is 42.5 Å². The third kappa shape index (κ3) is 2.58. The molecule has 0 bridgehead atoms. The summed E-state index contributed by atoms with van der Waals surface area (Å²) >= 11 is 5.28. The van der Waals surface area contributed by atoms with Crippen LogP contribution < -0.4 is 10.2 Å². The highest BCUT2D eigenvalue weighted by Gasteiger charge is 2.31. The first-order chi connectivity index (χ1) is 10.2. The zero-order valence-corrected chi connectivity index (χ0v) is 12.4. The van der Waals surface area contributed by atoms with Crippen molar-refractivity contribution in [3.8, 4) is 0 Å². The summed E-state index contributed by atoms with van der Waals surface area (Å²) in [4.78, 5) is 14.1. The smallest absolute Gasteiger partial charge is 0.281 e. The number of carbonyl (C=O) groups excluding carboxylic acids is 1. The van der Waals surface area contributed by atoms with Crippen molar-refractivity contribution in [2.75, 3.05) is 4.90 Å². The van der Waals surface area contributed by atoms with E-state index in [9.17, 15) is 4.79 Å². The monoisotopic (exact) mass is 294 g/mol. The van der Waals surface area contributed by atoms with Gasteiger partial charge in [-0.3, -0.25) is 9.69 Å². The Balaban J connectivity index is 1.96. The zero-order chi connectivity index (χ0) is 14.8. The number of rotatable bonds is 2. The fourth-order valence-electron chi connectivity index (χ4n) is 2.25. The number of nitrogens with one attached hydrogen (secondary N) is 1. The fraction of sp³-hybridized carbons (Fsp3) is 0.0588. The summed E-state index contributed by atoms with van der Waals surface area (Å²) in [6.45, 7) is 2.01. The van der Waals surface area contributed by atoms with Gasteiger partial charge in [-0.2, -0.15) is 0 Å². The van der Waals surface area contributed by atoms with E-state index in [0.717, 1.165) is 16.8 Å². The lowest BCUT2D eigenvalue weighted by atomic mass is 10.1. The van der Waals surface area contributed by atoms with Gasteiger partial charge in [-0.25, -0.2) is 0 Å². The van der Waals surface area contributed by atoms with Crippen LogP contribution in [0.25, 0.3) is 6.08 Å². The average molecular weight is 294 g/mol. The van der Waals surface area contributed by atoms with Crippen molar-refractivity contribution < 1.29 is 4.79 Å². The minimum Gasteiger partial charge on any atom is -0.327 e. The van der Waals surface area contributed by atoms with Crippen LogP contribution in [0.15, 0.2) is 60.3 Å². The molecule has 0 saturated carbocycles. The van der Waals surface area contributed by atoms with Gasteiger partial charge in [-0.05, 0) is 48.5 Å². The second-order valence-electron chi connectivity index (χ2n) is 4.82. The van der Waals surface area contributed by atoms with Crippen LogP contribution in [0.1, 0.15) is 11.1 Å². The lowest BCUT2D eigenvalue weighted by molar-refractivity contribution is -0.113. The predicted octanol–water partition coefficient (Wildman–Crippen LogP) is 3.26. The van der Waals surface area contributed by atoms with Crippen LogP contribution in [0.2, 0.25) is 0 Å². The molecule has 1 heterocycles. The number of hydrogen-bond donors (Lipinski definition) is 1. The largest absolute Gasteiger partial charge is 0.327 e. The van der Waals surface area contributed by atoms with Crippen molar-refractivity contribution >= 4 is 35.0 Å². The van der Waals surface area contributed by atoms with Crippen molar-refractivity contribution in [1.29, 1.82) is 0 Å². The van der Waals surface area contributed by atoms with Crippen LogP contribution in [0.5, 0.6) is 0 Å². The van der Waals surface area contributed by atoms with E-state index < -0.39 is 0 Å². The first-order valence-electron chi connectivity index (χ1n) is 6.64. The molecule has 1 aliphatic heterocycles. The number of hydrogen-bond acceptors (Lipinski definition) is 2. The Morgan fingerprint density at radius 3 is 2.43 bits per heavy atom. The third-order valence-electron chi connectivity index (χ3n) is 3.38. The summed E-state index contributed by atoms with van der Waals surface area (Å²) in [6, 6.07) is 17.3. The van der Waals surface area contributed by atoms with Gasteiger partial charge in [0, 0.05) is 0 Å². The molecule has 1 aliphatic rings. The predicted molar refractivity (Wildman–Crippen MR) is 88.8 cm³/mol. The number of carbonyl (C=O) groups is 1. The van der Waals surface area contributed by atoms with E-state index in [4.69, 9.17) is 12.2 Å². The molecule has 104 valence electrons. The molecule has 0 aromatic heterocycles. The molecule has 0 unspecified atom stereocenters. The second-order valence-corrected chi connectivity index (χ2v) is 5.21. The summed E-state index contributed by atoms with van der Waals surface area (Å²) < 4.78 is 0. The number of para-hydroxylation sites is 1. The van der Waals surface area contributed by atoms with Crippen LogP contribution in [-0.4, -0.2) is 11.0 Å². The van der Waals surface area contributed by atoms with Gasteiger partial charge in [0.25, 0.3) is 5.91 Å². The highest BCUT2D eigenvalue weighted by molar-refractivity contribution is 7.80.